The molecule has 2 N–H and O–H groups in total. The quantitative estimate of drug-likeness (QED) is 0.765. The lowest BCUT2D eigenvalue weighted by molar-refractivity contribution is 0.334. The van der Waals surface area contributed by atoms with Gasteiger partial charge in [0.25, 0.3) is 5.56 Å². The number of hydrogen-bond acceptors (Lipinski definition) is 3. The minimum atomic E-state index is 0.140. The van der Waals surface area contributed by atoms with Crippen LogP contribution in [0.2, 0.25) is 0 Å². The molecule has 0 saturated carbocycles. The second-order valence-corrected chi connectivity index (χ2v) is 5.63. The Morgan fingerprint density at radius 2 is 2.12 bits per heavy atom. The molecule has 0 aliphatic carbocycles. The molecule has 0 aromatic carbocycles. The Morgan fingerprint density at radius 3 is 2.94 bits per heavy atom. The van der Waals surface area contributed by atoms with Crippen LogP contribution in [0.4, 0.5) is 0 Å². The molecule has 1 aromatic rings. The van der Waals surface area contributed by atoms with Crippen molar-refractivity contribution in [3.63, 3.8) is 0 Å². The maximum atomic E-state index is 11.8. The average molecular weight is 239 g/mol. The molecule has 1 fully saturated rings. The van der Waals surface area contributed by atoms with Crippen molar-refractivity contribution >= 4 is 11.8 Å². The fraction of sp³-hybridized carbons (Fsp3) is 0.727. The first-order valence-corrected chi connectivity index (χ1v) is 7.12. The summed E-state index contributed by atoms with van der Waals surface area (Å²) in [4.78, 5) is 11.8. The SMILES string of the molecule is O=c1[nH]n(C2CCNCC2)c2c1CSCC2. The first kappa shape index (κ1) is 10.5. The molecule has 2 aliphatic rings. The summed E-state index contributed by atoms with van der Waals surface area (Å²) in [5.74, 6) is 2.04. The van der Waals surface area contributed by atoms with Gasteiger partial charge in [-0.15, -0.1) is 0 Å². The first-order chi connectivity index (χ1) is 7.86. The van der Waals surface area contributed by atoms with E-state index in [0.29, 0.717) is 6.04 Å². The minimum Gasteiger partial charge on any atom is -0.317 e. The Kier molecular flexibility index (Phi) is 2.81. The molecule has 16 heavy (non-hydrogen) atoms. The van der Waals surface area contributed by atoms with Gasteiger partial charge < -0.3 is 5.32 Å². The molecular formula is C11H17N3OS. The van der Waals surface area contributed by atoms with Crippen LogP contribution in [0.25, 0.3) is 0 Å². The number of fused-ring (bicyclic) bond motifs is 1. The molecule has 3 rings (SSSR count). The van der Waals surface area contributed by atoms with E-state index in [-0.39, 0.29) is 5.56 Å². The summed E-state index contributed by atoms with van der Waals surface area (Å²) in [6, 6.07) is 0.501. The van der Waals surface area contributed by atoms with Crippen LogP contribution in [0.15, 0.2) is 4.79 Å². The fourth-order valence-electron chi connectivity index (χ4n) is 2.66. The predicted octanol–water partition coefficient (Wildman–Crippen LogP) is 0.890. The third kappa shape index (κ3) is 1.72. The largest absolute Gasteiger partial charge is 0.317 e. The molecule has 0 radical (unpaired) electrons. The Hall–Kier alpha value is -0.680. The highest BCUT2D eigenvalue weighted by Crippen LogP contribution is 2.26. The van der Waals surface area contributed by atoms with E-state index in [4.69, 9.17) is 0 Å². The van der Waals surface area contributed by atoms with Gasteiger partial charge in [0.2, 0.25) is 0 Å². The number of H-pyrrole nitrogens is 1. The number of thioether (sulfide) groups is 1. The molecule has 88 valence electrons. The van der Waals surface area contributed by atoms with E-state index in [1.165, 1.54) is 5.69 Å². The van der Waals surface area contributed by atoms with Crippen molar-refractivity contribution in [3.05, 3.63) is 21.6 Å². The van der Waals surface area contributed by atoms with Crippen molar-refractivity contribution in [2.45, 2.75) is 31.1 Å². The second kappa shape index (κ2) is 4.30. The Labute approximate surface area is 98.8 Å². The molecule has 0 amide bonds. The first-order valence-electron chi connectivity index (χ1n) is 5.97. The molecule has 0 atom stereocenters. The summed E-state index contributed by atoms with van der Waals surface area (Å²) in [6.07, 6.45) is 3.30. The van der Waals surface area contributed by atoms with Crippen molar-refractivity contribution in [1.29, 1.82) is 0 Å². The summed E-state index contributed by atoms with van der Waals surface area (Å²) in [7, 11) is 0. The highest BCUT2D eigenvalue weighted by Gasteiger charge is 2.23. The topological polar surface area (TPSA) is 49.8 Å². The zero-order chi connectivity index (χ0) is 11.0. The van der Waals surface area contributed by atoms with Crippen LogP contribution in [0.5, 0.6) is 0 Å². The van der Waals surface area contributed by atoms with Crippen molar-refractivity contribution in [2.75, 3.05) is 18.8 Å². The van der Waals surface area contributed by atoms with E-state index in [0.717, 1.165) is 49.4 Å². The van der Waals surface area contributed by atoms with Gasteiger partial charge in [0.05, 0.1) is 6.04 Å². The third-order valence-corrected chi connectivity index (χ3v) is 4.52. The summed E-state index contributed by atoms with van der Waals surface area (Å²) in [6.45, 7) is 2.13. The van der Waals surface area contributed by atoms with Crippen molar-refractivity contribution < 1.29 is 0 Å². The zero-order valence-electron chi connectivity index (χ0n) is 9.29. The van der Waals surface area contributed by atoms with Crippen molar-refractivity contribution in [2.24, 2.45) is 0 Å². The fourth-order valence-corrected chi connectivity index (χ4v) is 3.64. The monoisotopic (exact) mass is 239 g/mol. The van der Waals surface area contributed by atoms with E-state index < -0.39 is 0 Å². The number of hydrogen-bond donors (Lipinski definition) is 2. The van der Waals surface area contributed by atoms with Crippen LogP contribution in [-0.4, -0.2) is 28.6 Å². The van der Waals surface area contributed by atoms with Crippen LogP contribution in [0, 0.1) is 0 Å². The van der Waals surface area contributed by atoms with Gasteiger partial charge in [-0.3, -0.25) is 14.6 Å². The van der Waals surface area contributed by atoms with Crippen LogP contribution in [-0.2, 0) is 12.2 Å². The molecular weight excluding hydrogens is 222 g/mol. The minimum absolute atomic E-state index is 0.140. The summed E-state index contributed by atoms with van der Waals surface area (Å²) in [5.41, 5.74) is 2.44. The molecule has 0 unspecified atom stereocenters. The van der Waals surface area contributed by atoms with E-state index in [9.17, 15) is 4.79 Å². The van der Waals surface area contributed by atoms with E-state index >= 15 is 0 Å². The maximum absolute atomic E-state index is 11.8. The zero-order valence-corrected chi connectivity index (χ0v) is 10.1. The summed E-state index contributed by atoms with van der Waals surface area (Å²) >= 11 is 1.87. The second-order valence-electron chi connectivity index (χ2n) is 4.52. The van der Waals surface area contributed by atoms with Gasteiger partial charge in [-0.1, -0.05) is 0 Å². The lowest BCUT2D eigenvalue weighted by atomic mass is 10.1. The van der Waals surface area contributed by atoms with Crippen LogP contribution in [0.3, 0.4) is 0 Å². The van der Waals surface area contributed by atoms with Gasteiger partial charge >= 0.3 is 0 Å². The number of aromatic amines is 1. The highest BCUT2D eigenvalue weighted by molar-refractivity contribution is 7.98. The normalized spacial score (nSPS) is 22.0. The van der Waals surface area contributed by atoms with E-state index in [1.807, 2.05) is 11.8 Å². The number of nitrogens with one attached hydrogen (secondary N) is 2. The Balaban J connectivity index is 1.97. The van der Waals surface area contributed by atoms with E-state index in [1.54, 1.807) is 0 Å². The van der Waals surface area contributed by atoms with Crippen LogP contribution >= 0.6 is 11.8 Å². The number of piperidine rings is 1. The molecule has 2 aliphatic heterocycles. The Morgan fingerprint density at radius 1 is 1.31 bits per heavy atom. The standard InChI is InChI=1S/C11H17N3OS/c15-11-9-7-16-6-3-10(9)14(13-11)8-1-4-12-5-2-8/h8,12H,1-7H2,(H,13,15). The predicted molar refractivity (Wildman–Crippen MR) is 66.1 cm³/mol. The van der Waals surface area contributed by atoms with Crippen molar-refractivity contribution in [3.8, 4) is 0 Å². The molecule has 0 spiro atoms. The maximum Gasteiger partial charge on any atom is 0.268 e. The lowest BCUT2D eigenvalue weighted by Gasteiger charge is -2.26. The number of nitrogens with zero attached hydrogens (tertiary/aromatic N) is 1. The van der Waals surface area contributed by atoms with Gasteiger partial charge in [0.15, 0.2) is 0 Å². The van der Waals surface area contributed by atoms with Gasteiger partial charge in [0.1, 0.15) is 0 Å². The summed E-state index contributed by atoms with van der Waals surface area (Å²) in [5, 5.41) is 6.41. The Bertz CT molecular complexity index is 431. The molecule has 5 heteroatoms. The molecule has 4 nitrogen and oxygen atoms in total. The van der Waals surface area contributed by atoms with Gasteiger partial charge in [-0.05, 0) is 38.1 Å². The van der Waals surface area contributed by atoms with Gasteiger partial charge in [-0.25, -0.2) is 0 Å². The number of aromatic nitrogens is 2. The van der Waals surface area contributed by atoms with Crippen LogP contribution in [0.1, 0.15) is 30.1 Å². The lowest BCUT2D eigenvalue weighted by Crippen LogP contribution is -2.31. The van der Waals surface area contributed by atoms with E-state index in [2.05, 4.69) is 15.1 Å². The number of rotatable bonds is 1. The van der Waals surface area contributed by atoms with Gasteiger partial charge in [0, 0.05) is 17.0 Å². The summed E-state index contributed by atoms with van der Waals surface area (Å²) < 4.78 is 2.16. The smallest absolute Gasteiger partial charge is 0.268 e. The molecule has 0 bridgehead atoms. The third-order valence-electron chi connectivity index (χ3n) is 3.54. The van der Waals surface area contributed by atoms with Crippen LogP contribution < -0.4 is 10.9 Å². The van der Waals surface area contributed by atoms with Gasteiger partial charge in [-0.2, -0.15) is 11.8 Å². The van der Waals surface area contributed by atoms with Crippen molar-refractivity contribution in [1.82, 2.24) is 15.1 Å². The average Bonchev–Trinajstić information content (AvgIpc) is 2.69. The highest BCUT2D eigenvalue weighted by atomic mass is 32.2. The molecule has 1 saturated heterocycles. The molecule has 3 heterocycles. The molecule has 1 aromatic heterocycles.